The van der Waals surface area contributed by atoms with Crippen LogP contribution in [-0.2, 0) is 9.59 Å². The van der Waals surface area contributed by atoms with Crippen LogP contribution in [-0.4, -0.2) is 22.2 Å². The quantitative estimate of drug-likeness (QED) is 0.120. The van der Waals surface area contributed by atoms with Crippen LogP contribution >= 0.6 is 0 Å². The number of hydrogen-bond donors (Lipinski definition) is 2. The first-order chi connectivity index (χ1) is 16.4. The minimum absolute atomic E-state index is 0.162. The van der Waals surface area contributed by atoms with Crippen LogP contribution in [0.25, 0.3) is 0 Å². The summed E-state index contributed by atoms with van der Waals surface area (Å²) in [7, 11) is 0. The van der Waals surface area contributed by atoms with E-state index in [-0.39, 0.29) is 11.8 Å². The van der Waals surface area contributed by atoms with Crippen LogP contribution in [0.3, 0.4) is 0 Å². The lowest BCUT2D eigenvalue weighted by atomic mass is 9.89. The molecule has 0 radical (unpaired) electrons. The predicted molar refractivity (Wildman–Crippen MR) is 144 cm³/mol. The summed E-state index contributed by atoms with van der Waals surface area (Å²) in [6.07, 6.45) is 24.5. The first kappa shape index (κ1) is 32.9. The Bertz CT molecular complexity index is 476. The molecule has 0 amide bonds. The highest BCUT2D eigenvalue weighted by atomic mass is 16.4. The van der Waals surface area contributed by atoms with Crippen LogP contribution in [0.15, 0.2) is 0 Å². The van der Waals surface area contributed by atoms with E-state index in [4.69, 9.17) is 0 Å². The van der Waals surface area contributed by atoms with E-state index < -0.39 is 11.9 Å². The molecule has 0 saturated carbocycles. The molecule has 0 aromatic heterocycles. The third-order valence-corrected chi connectivity index (χ3v) is 7.52. The zero-order chi connectivity index (χ0) is 25.4. The molecule has 3 unspecified atom stereocenters. The van der Waals surface area contributed by atoms with Crippen molar-refractivity contribution in [1.29, 1.82) is 0 Å². The molecule has 0 saturated heterocycles. The Morgan fingerprint density at radius 3 is 1.18 bits per heavy atom. The Morgan fingerprint density at radius 1 is 0.471 bits per heavy atom. The fourth-order valence-corrected chi connectivity index (χ4v) is 4.99. The van der Waals surface area contributed by atoms with Gasteiger partial charge < -0.3 is 10.2 Å². The maximum atomic E-state index is 11.6. The molecule has 3 atom stereocenters. The van der Waals surface area contributed by atoms with Crippen molar-refractivity contribution in [2.24, 2.45) is 17.8 Å². The first-order valence-electron chi connectivity index (χ1n) is 14.9. The highest BCUT2D eigenvalue weighted by molar-refractivity contribution is 5.70. The van der Waals surface area contributed by atoms with Crippen LogP contribution in [0.1, 0.15) is 162 Å². The lowest BCUT2D eigenvalue weighted by Crippen LogP contribution is -2.15. The summed E-state index contributed by atoms with van der Waals surface area (Å²) in [6, 6.07) is 0. The van der Waals surface area contributed by atoms with Gasteiger partial charge in [-0.05, 0) is 38.0 Å². The summed E-state index contributed by atoms with van der Waals surface area (Å²) in [5.74, 6) is -0.991. The topological polar surface area (TPSA) is 74.6 Å². The van der Waals surface area contributed by atoms with Crippen molar-refractivity contribution in [3.05, 3.63) is 0 Å². The maximum Gasteiger partial charge on any atom is 0.306 e. The summed E-state index contributed by atoms with van der Waals surface area (Å²) >= 11 is 0. The van der Waals surface area contributed by atoms with Gasteiger partial charge in [-0.1, -0.05) is 130 Å². The van der Waals surface area contributed by atoms with Crippen molar-refractivity contribution in [3.63, 3.8) is 0 Å². The van der Waals surface area contributed by atoms with Crippen molar-refractivity contribution in [3.8, 4) is 0 Å². The van der Waals surface area contributed by atoms with Crippen molar-refractivity contribution in [1.82, 2.24) is 0 Å². The van der Waals surface area contributed by atoms with E-state index in [1.165, 1.54) is 70.6 Å². The van der Waals surface area contributed by atoms with Crippen molar-refractivity contribution < 1.29 is 19.8 Å². The van der Waals surface area contributed by atoms with Gasteiger partial charge in [-0.15, -0.1) is 0 Å². The molecule has 4 heteroatoms. The molecule has 34 heavy (non-hydrogen) atoms. The fourth-order valence-electron chi connectivity index (χ4n) is 4.99. The highest BCUT2D eigenvalue weighted by Crippen LogP contribution is 2.24. The molecule has 2 N–H and O–H groups in total. The van der Waals surface area contributed by atoms with Crippen LogP contribution in [0.5, 0.6) is 0 Å². The summed E-state index contributed by atoms with van der Waals surface area (Å²) in [5.41, 5.74) is 0. The SMILES string of the molecule is CCCCCCCCC(CCCCCCC(C)CCC(CCCCCCCC)C(=O)O)C(=O)O. The standard InChI is InChI=1S/C30H58O4/c1-4-6-8-10-12-17-21-27(29(31)32)22-19-15-14-16-20-26(3)24-25-28(30(33)34)23-18-13-11-9-7-5-2/h26-28H,4-25H2,1-3H3,(H,31,32)(H,33,34). The summed E-state index contributed by atoms with van der Waals surface area (Å²) in [4.78, 5) is 23.1. The van der Waals surface area contributed by atoms with E-state index >= 15 is 0 Å². The van der Waals surface area contributed by atoms with Gasteiger partial charge in [0.25, 0.3) is 0 Å². The largest absolute Gasteiger partial charge is 0.481 e. The normalized spacial score (nSPS) is 14.1. The Kier molecular flexibility index (Phi) is 22.9. The maximum absolute atomic E-state index is 11.6. The average Bonchev–Trinajstić information content (AvgIpc) is 2.80. The molecule has 202 valence electrons. The number of carboxylic acids is 2. The third-order valence-electron chi connectivity index (χ3n) is 7.52. The van der Waals surface area contributed by atoms with Gasteiger partial charge in [0.1, 0.15) is 0 Å². The average molecular weight is 483 g/mol. The van der Waals surface area contributed by atoms with E-state index in [0.717, 1.165) is 70.6 Å². The second-order valence-electron chi connectivity index (χ2n) is 10.9. The molecule has 4 nitrogen and oxygen atoms in total. The molecular formula is C30H58O4. The van der Waals surface area contributed by atoms with Crippen molar-refractivity contribution >= 4 is 11.9 Å². The van der Waals surface area contributed by atoms with Gasteiger partial charge in [0.05, 0.1) is 11.8 Å². The molecule has 0 aliphatic heterocycles. The van der Waals surface area contributed by atoms with E-state index in [9.17, 15) is 19.8 Å². The minimum atomic E-state index is -0.616. The lowest BCUT2D eigenvalue weighted by Gasteiger charge is -2.16. The Labute approximate surface area is 211 Å². The van der Waals surface area contributed by atoms with Gasteiger partial charge in [0.15, 0.2) is 0 Å². The molecule has 0 aliphatic carbocycles. The van der Waals surface area contributed by atoms with Gasteiger partial charge >= 0.3 is 11.9 Å². The number of carbonyl (C=O) groups is 2. The van der Waals surface area contributed by atoms with Gasteiger partial charge in [-0.2, -0.15) is 0 Å². The molecule has 0 aromatic carbocycles. The lowest BCUT2D eigenvalue weighted by molar-refractivity contribution is -0.143. The number of aliphatic carboxylic acids is 2. The molecule has 0 spiro atoms. The van der Waals surface area contributed by atoms with Gasteiger partial charge in [0, 0.05) is 0 Å². The van der Waals surface area contributed by atoms with E-state index in [2.05, 4.69) is 20.8 Å². The van der Waals surface area contributed by atoms with Crippen molar-refractivity contribution in [2.75, 3.05) is 0 Å². The van der Waals surface area contributed by atoms with Gasteiger partial charge in [-0.3, -0.25) is 9.59 Å². The molecule has 0 rings (SSSR count). The van der Waals surface area contributed by atoms with Crippen LogP contribution in [0, 0.1) is 17.8 Å². The molecule has 0 fully saturated rings. The zero-order valence-corrected chi connectivity index (χ0v) is 23.0. The summed E-state index contributed by atoms with van der Waals surface area (Å²) in [6.45, 7) is 6.69. The van der Waals surface area contributed by atoms with Crippen LogP contribution in [0.4, 0.5) is 0 Å². The van der Waals surface area contributed by atoms with E-state index in [0.29, 0.717) is 5.92 Å². The summed E-state index contributed by atoms with van der Waals surface area (Å²) < 4.78 is 0. The Balaban J connectivity index is 3.85. The summed E-state index contributed by atoms with van der Waals surface area (Å²) in [5, 5.41) is 19.0. The highest BCUT2D eigenvalue weighted by Gasteiger charge is 2.18. The van der Waals surface area contributed by atoms with Crippen LogP contribution < -0.4 is 0 Å². The van der Waals surface area contributed by atoms with Crippen LogP contribution in [0.2, 0.25) is 0 Å². The number of hydrogen-bond acceptors (Lipinski definition) is 2. The second-order valence-corrected chi connectivity index (χ2v) is 10.9. The minimum Gasteiger partial charge on any atom is -0.481 e. The Morgan fingerprint density at radius 2 is 0.794 bits per heavy atom. The predicted octanol–water partition coefficient (Wildman–Crippen LogP) is 9.65. The molecule has 0 bridgehead atoms. The molecule has 0 aromatic rings. The molecule has 0 heterocycles. The Hall–Kier alpha value is -1.06. The smallest absolute Gasteiger partial charge is 0.306 e. The third kappa shape index (κ3) is 20.3. The monoisotopic (exact) mass is 482 g/mol. The van der Waals surface area contributed by atoms with E-state index in [1.807, 2.05) is 0 Å². The first-order valence-corrected chi connectivity index (χ1v) is 14.9. The number of carboxylic acid groups (broad SMARTS) is 2. The number of unbranched alkanes of at least 4 members (excludes halogenated alkanes) is 13. The van der Waals surface area contributed by atoms with Gasteiger partial charge in [-0.25, -0.2) is 0 Å². The van der Waals surface area contributed by atoms with E-state index in [1.54, 1.807) is 0 Å². The molecular weight excluding hydrogens is 424 g/mol. The second kappa shape index (κ2) is 23.7. The zero-order valence-electron chi connectivity index (χ0n) is 23.0. The number of rotatable bonds is 26. The van der Waals surface area contributed by atoms with Crippen molar-refractivity contribution in [2.45, 2.75) is 162 Å². The fraction of sp³-hybridized carbons (Fsp3) is 0.933. The molecule has 0 aliphatic rings. The van der Waals surface area contributed by atoms with Gasteiger partial charge in [0.2, 0.25) is 0 Å².